The molecule has 1 amide bonds. The van der Waals surface area contributed by atoms with Gasteiger partial charge in [-0.1, -0.05) is 5.16 Å². The first-order chi connectivity index (χ1) is 15.8. The van der Waals surface area contributed by atoms with E-state index in [9.17, 15) is 22.4 Å². The Bertz CT molecular complexity index is 1110. The Labute approximate surface area is 187 Å². The van der Waals surface area contributed by atoms with Crippen LogP contribution < -0.4 is 10.2 Å². The fraction of sp³-hybridized carbons (Fsp3) is 0.348. The summed E-state index contributed by atoms with van der Waals surface area (Å²) < 4.78 is 57.8. The molecular formula is C23H22F4N4O2. The molecule has 2 heterocycles. The summed E-state index contributed by atoms with van der Waals surface area (Å²) in [5, 5.41) is 6.49. The molecule has 1 aliphatic heterocycles. The molecule has 1 N–H and O–H groups in total. The van der Waals surface area contributed by atoms with Gasteiger partial charge in [0.1, 0.15) is 5.82 Å². The van der Waals surface area contributed by atoms with Gasteiger partial charge in [-0.15, -0.1) is 0 Å². The summed E-state index contributed by atoms with van der Waals surface area (Å²) in [5.41, 5.74) is 0.547. The van der Waals surface area contributed by atoms with Crippen LogP contribution in [0.5, 0.6) is 0 Å². The van der Waals surface area contributed by atoms with Crippen LogP contribution in [0.3, 0.4) is 0 Å². The molecule has 2 aromatic carbocycles. The highest BCUT2D eigenvalue weighted by Gasteiger charge is 2.32. The van der Waals surface area contributed by atoms with Gasteiger partial charge < -0.3 is 14.7 Å². The fourth-order valence-corrected chi connectivity index (χ4v) is 3.73. The van der Waals surface area contributed by atoms with Crippen LogP contribution in [0.25, 0.3) is 11.4 Å². The molecule has 1 aromatic heterocycles. The van der Waals surface area contributed by atoms with Crippen LogP contribution in [0.15, 0.2) is 47.0 Å². The van der Waals surface area contributed by atoms with Crippen LogP contribution in [-0.2, 0) is 17.4 Å². The number of amides is 1. The van der Waals surface area contributed by atoms with Gasteiger partial charge in [0.15, 0.2) is 0 Å². The molecule has 0 radical (unpaired) electrons. The van der Waals surface area contributed by atoms with E-state index in [1.54, 1.807) is 0 Å². The van der Waals surface area contributed by atoms with Gasteiger partial charge in [0, 0.05) is 31.5 Å². The third-order valence-electron chi connectivity index (χ3n) is 5.41. The Morgan fingerprint density at radius 1 is 1.09 bits per heavy atom. The predicted octanol–water partition coefficient (Wildman–Crippen LogP) is 5.46. The number of anilines is 2. The van der Waals surface area contributed by atoms with Crippen molar-refractivity contribution in [1.82, 2.24) is 10.1 Å². The zero-order valence-corrected chi connectivity index (χ0v) is 17.7. The van der Waals surface area contributed by atoms with E-state index in [-0.39, 0.29) is 17.9 Å². The van der Waals surface area contributed by atoms with Gasteiger partial charge in [-0.05, 0) is 61.7 Å². The van der Waals surface area contributed by atoms with Gasteiger partial charge in [0.05, 0.1) is 16.9 Å². The predicted molar refractivity (Wildman–Crippen MR) is 114 cm³/mol. The molecule has 174 valence electrons. The Balaban J connectivity index is 1.37. The van der Waals surface area contributed by atoms with Crippen LogP contribution in [0, 0.1) is 5.82 Å². The number of nitrogens with one attached hydrogen (secondary N) is 1. The molecule has 1 fully saturated rings. The van der Waals surface area contributed by atoms with Gasteiger partial charge in [-0.3, -0.25) is 4.79 Å². The molecule has 0 bridgehead atoms. The number of carbonyl (C=O) groups excluding carboxylic acids is 1. The number of aromatic nitrogens is 2. The molecule has 4 rings (SSSR count). The van der Waals surface area contributed by atoms with E-state index in [1.165, 1.54) is 30.3 Å². The minimum absolute atomic E-state index is 0.0734. The summed E-state index contributed by atoms with van der Waals surface area (Å²) in [6, 6.07) is 9.09. The average molecular weight is 462 g/mol. The van der Waals surface area contributed by atoms with Crippen molar-refractivity contribution in [2.45, 2.75) is 38.3 Å². The number of hydrogen-bond acceptors (Lipinski definition) is 5. The van der Waals surface area contributed by atoms with E-state index in [0.29, 0.717) is 35.8 Å². The first-order valence-corrected chi connectivity index (χ1v) is 10.6. The standard InChI is InChI=1S/C23H22F4N4O2/c24-17-9-6-15(7-10-17)22-29-21(33-30-22)5-3-4-20(32)28-18-14-16(23(25,26)27)8-11-19(18)31-12-1-2-13-31/h6-11,14H,1-5,12-13H2,(H,28,32). The zero-order valence-electron chi connectivity index (χ0n) is 17.7. The molecule has 1 saturated heterocycles. The van der Waals surface area contributed by atoms with Crippen molar-refractivity contribution >= 4 is 17.3 Å². The minimum atomic E-state index is -4.50. The second-order valence-electron chi connectivity index (χ2n) is 7.84. The first kappa shape index (κ1) is 22.8. The van der Waals surface area contributed by atoms with E-state index >= 15 is 0 Å². The Kier molecular flexibility index (Phi) is 6.62. The van der Waals surface area contributed by atoms with Gasteiger partial charge in [0.25, 0.3) is 0 Å². The summed E-state index contributed by atoms with van der Waals surface area (Å²) in [6.07, 6.45) is -1.82. The molecule has 1 aliphatic rings. The van der Waals surface area contributed by atoms with Gasteiger partial charge >= 0.3 is 6.18 Å². The quantitative estimate of drug-likeness (QED) is 0.473. The SMILES string of the molecule is O=C(CCCc1nc(-c2ccc(F)cc2)no1)Nc1cc(C(F)(F)F)ccc1N1CCCC1. The van der Waals surface area contributed by atoms with Crippen LogP contribution in [-0.4, -0.2) is 29.1 Å². The molecule has 0 aliphatic carbocycles. The topological polar surface area (TPSA) is 71.3 Å². The molecular weight excluding hydrogens is 440 g/mol. The highest BCUT2D eigenvalue weighted by molar-refractivity contribution is 5.94. The molecule has 10 heteroatoms. The normalized spacial score (nSPS) is 14.0. The van der Waals surface area contributed by atoms with Gasteiger partial charge in [0.2, 0.25) is 17.6 Å². The smallest absolute Gasteiger partial charge is 0.370 e. The van der Waals surface area contributed by atoms with Gasteiger partial charge in [-0.2, -0.15) is 18.2 Å². The van der Waals surface area contributed by atoms with Crippen molar-refractivity contribution in [2.75, 3.05) is 23.3 Å². The van der Waals surface area contributed by atoms with E-state index in [0.717, 1.165) is 38.1 Å². The van der Waals surface area contributed by atoms with Crippen LogP contribution in [0.1, 0.15) is 37.1 Å². The second kappa shape index (κ2) is 9.60. The lowest BCUT2D eigenvalue weighted by Gasteiger charge is -2.23. The Morgan fingerprint density at radius 3 is 2.52 bits per heavy atom. The molecule has 33 heavy (non-hydrogen) atoms. The van der Waals surface area contributed by atoms with Crippen molar-refractivity contribution < 1.29 is 26.9 Å². The molecule has 0 atom stereocenters. The number of carbonyl (C=O) groups is 1. The molecule has 0 saturated carbocycles. The molecule has 6 nitrogen and oxygen atoms in total. The largest absolute Gasteiger partial charge is 0.416 e. The lowest BCUT2D eigenvalue weighted by atomic mass is 10.1. The summed E-state index contributed by atoms with van der Waals surface area (Å²) in [4.78, 5) is 18.7. The number of alkyl halides is 3. The van der Waals surface area contributed by atoms with Crippen LogP contribution in [0.2, 0.25) is 0 Å². The number of aryl methyl sites for hydroxylation is 1. The number of benzene rings is 2. The van der Waals surface area contributed by atoms with Crippen molar-refractivity contribution in [3.63, 3.8) is 0 Å². The maximum Gasteiger partial charge on any atom is 0.416 e. The molecule has 0 unspecified atom stereocenters. The summed E-state index contributed by atoms with van der Waals surface area (Å²) in [5.74, 6) is -0.136. The maximum absolute atomic E-state index is 13.2. The van der Waals surface area contributed by atoms with E-state index in [4.69, 9.17) is 4.52 Å². The minimum Gasteiger partial charge on any atom is -0.370 e. The third-order valence-corrected chi connectivity index (χ3v) is 5.41. The van der Waals surface area contributed by atoms with E-state index in [2.05, 4.69) is 15.5 Å². The van der Waals surface area contributed by atoms with Gasteiger partial charge in [-0.25, -0.2) is 4.39 Å². The van der Waals surface area contributed by atoms with Crippen LogP contribution in [0.4, 0.5) is 28.9 Å². The lowest BCUT2D eigenvalue weighted by molar-refractivity contribution is -0.137. The van der Waals surface area contributed by atoms with Crippen molar-refractivity contribution in [1.29, 1.82) is 0 Å². The highest BCUT2D eigenvalue weighted by atomic mass is 19.4. The average Bonchev–Trinajstić information content (AvgIpc) is 3.46. The number of halogens is 4. The third kappa shape index (κ3) is 5.68. The van der Waals surface area contributed by atoms with Crippen molar-refractivity contribution in [2.24, 2.45) is 0 Å². The van der Waals surface area contributed by atoms with Crippen molar-refractivity contribution in [3.8, 4) is 11.4 Å². The molecule has 0 spiro atoms. The number of rotatable bonds is 7. The maximum atomic E-state index is 13.2. The zero-order chi connectivity index (χ0) is 23.4. The van der Waals surface area contributed by atoms with E-state index < -0.39 is 17.6 Å². The van der Waals surface area contributed by atoms with Crippen LogP contribution >= 0.6 is 0 Å². The summed E-state index contributed by atoms with van der Waals surface area (Å²) in [7, 11) is 0. The number of nitrogens with zero attached hydrogens (tertiary/aromatic N) is 3. The highest BCUT2D eigenvalue weighted by Crippen LogP contribution is 2.36. The Hall–Kier alpha value is -3.43. The lowest BCUT2D eigenvalue weighted by Crippen LogP contribution is -2.22. The molecule has 3 aromatic rings. The number of hydrogen-bond donors (Lipinski definition) is 1. The first-order valence-electron chi connectivity index (χ1n) is 10.6. The Morgan fingerprint density at radius 2 is 1.82 bits per heavy atom. The van der Waals surface area contributed by atoms with E-state index in [1.807, 2.05) is 4.90 Å². The monoisotopic (exact) mass is 462 g/mol. The van der Waals surface area contributed by atoms with Crippen molar-refractivity contribution in [3.05, 3.63) is 59.7 Å². The fourth-order valence-electron chi connectivity index (χ4n) is 3.73. The summed E-state index contributed by atoms with van der Waals surface area (Å²) in [6.45, 7) is 1.48. The second-order valence-corrected chi connectivity index (χ2v) is 7.84. The summed E-state index contributed by atoms with van der Waals surface area (Å²) >= 11 is 0.